The van der Waals surface area contributed by atoms with E-state index in [-0.39, 0.29) is 18.4 Å². The van der Waals surface area contributed by atoms with Gasteiger partial charge in [-0.3, -0.25) is 0 Å². The second-order valence-electron chi connectivity index (χ2n) is 4.12. The van der Waals surface area contributed by atoms with Crippen molar-refractivity contribution in [2.24, 2.45) is 11.5 Å². The molecule has 1 rings (SSSR count). The summed E-state index contributed by atoms with van der Waals surface area (Å²) in [7, 11) is 1.69. The Kier molecular flexibility index (Phi) is 7.96. The number of nitrogens with two attached hydrogens (primary N) is 2. The summed E-state index contributed by atoms with van der Waals surface area (Å²) in [6.07, 6.45) is 3.09. The molecule has 4 N–H and O–H groups in total. The number of aryl methyl sites for hydroxylation is 1. The molecule has 1 aromatic carbocycles. The smallest absolute Gasteiger partial charge is 0.122 e. The lowest BCUT2D eigenvalue weighted by molar-refractivity contribution is 0.410. The van der Waals surface area contributed by atoms with Gasteiger partial charge in [0.2, 0.25) is 0 Å². The van der Waals surface area contributed by atoms with E-state index in [1.165, 1.54) is 0 Å². The molecular weight excluding hydrogens is 236 g/mol. The molecule has 0 radical (unpaired) electrons. The van der Waals surface area contributed by atoms with E-state index in [2.05, 4.69) is 12.1 Å². The van der Waals surface area contributed by atoms with Crippen molar-refractivity contribution in [3.8, 4) is 5.75 Å². The number of unbranched alkanes of at least 4 members (excludes halogenated alkanes) is 1. The summed E-state index contributed by atoms with van der Waals surface area (Å²) in [5, 5.41) is 0. The van der Waals surface area contributed by atoms with Crippen LogP contribution in [-0.4, -0.2) is 13.7 Å². The molecule has 4 heteroatoms. The minimum absolute atomic E-state index is 0. The Morgan fingerprint density at radius 1 is 1.29 bits per heavy atom. The van der Waals surface area contributed by atoms with Crippen molar-refractivity contribution >= 4 is 12.4 Å². The van der Waals surface area contributed by atoms with Gasteiger partial charge >= 0.3 is 0 Å². The molecular formula is C13H23ClN2O. The van der Waals surface area contributed by atoms with Gasteiger partial charge in [0, 0.05) is 6.04 Å². The van der Waals surface area contributed by atoms with E-state index in [4.69, 9.17) is 16.2 Å². The van der Waals surface area contributed by atoms with Crippen LogP contribution in [0.25, 0.3) is 0 Å². The number of methoxy groups -OCH3 is 1. The predicted octanol–water partition coefficient (Wildman–Crippen LogP) is 2.55. The summed E-state index contributed by atoms with van der Waals surface area (Å²) in [6.45, 7) is 2.77. The normalized spacial score (nSPS) is 11.8. The highest BCUT2D eigenvalue weighted by Gasteiger charge is 2.08. The van der Waals surface area contributed by atoms with Gasteiger partial charge in [-0.1, -0.05) is 18.6 Å². The van der Waals surface area contributed by atoms with Crippen molar-refractivity contribution in [2.75, 3.05) is 13.7 Å². The maximum Gasteiger partial charge on any atom is 0.122 e. The number of halogens is 1. The zero-order valence-corrected chi connectivity index (χ0v) is 11.4. The van der Waals surface area contributed by atoms with Gasteiger partial charge < -0.3 is 16.2 Å². The Morgan fingerprint density at radius 2 is 2.00 bits per heavy atom. The van der Waals surface area contributed by atoms with Crippen LogP contribution >= 0.6 is 12.4 Å². The van der Waals surface area contributed by atoms with Gasteiger partial charge in [0.25, 0.3) is 0 Å². The predicted molar refractivity (Wildman–Crippen MR) is 74.8 cm³/mol. The maximum absolute atomic E-state index is 6.11. The third kappa shape index (κ3) is 4.94. The first kappa shape index (κ1) is 16.2. The van der Waals surface area contributed by atoms with Gasteiger partial charge in [-0.15, -0.1) is 12.4 Å². The lowest BCUT2D eigenvalue weighted by Crippen LogP contribution is -2.11. The van der Waals surface area contributed by atoms with E-state index in [9.17, 15) is 0 Å². The largest absolute Gasteiger partial charge is 0.496 e. The number of hydrogen-bond donors (Lipinski definition) is 2. The average molecular weight is 259 g/mol. The van der Waals surface area contributed by atoms with Crippen LogP contribution in [0, 0.1) is 6.92 Å². The van der Waals surface area contributed by atoms with Crippen molar-refractivity contribution in [1.82, 2.24) is 0 Å². The quantitative estimate of drug-likeness (QED) is 0.771. The van der Waals surface area contributed by atoms with Crippen molar-refractivity contribution in [2.45, 2.75) is 32.2 Å². The van der Waals surface area contributed by atoms with Crippen molar-refractivity contribution < 1.29 is 4.74 Å². The van der Waals surface area contributed by atoms with Crippen LogP contribution in [0.5, 0.6) is 5.75 Å². The lowest BCUT2D eigenvalue weighted by atomic mass is 10.0. The van der Waals surface area contributed by atoms with Gasteiger partial charge in [-0.05, 0) is 43.5 Å². The average Bonchev–Trinajstić information content (AvgIpc) is 2.30. The van der Waals surface area contributed by atoms with Gasteiger partial charge in [-0.2, -0.15) is 0 Å². The van der Waals surface area contributed by atoms with Crippen LogP contribution < -0.4 is 16.2 Å². The molecule has 0 bridgehead atoms. The van der Waals surface area contributed by atoms with E-state index in [0.717, 1.165) is 42.7 Å². The fourth-order valence-electron chi connectivity index (χ4n) is 1.74. The molecule has 0 amide bonds. The molecule has 0 heterocycles. The van der Waals surface area contributed by atoms with E-state index >= 15 is 0 Å². The van der Waals surface area contributed by atoms with E-state index in [1.54, 1.807) is 7.11 Å². The first-order valence-corrected chi connectivity index (χ1v) is 5.79. The number of hydrogen-bond acceptors (Lipinski definition) is 3. The van der Waals surface area contributed by atoms with Crippen molar-refractivity contribution in [3.05, 3.63) is 29.3 Å². The highest BCUT2D eigenvalue weighted by atomic mass is 35.5. The Hall–Kier alpha value is -0.770. The molecule has 0 aromatic heterocycles. The standard InChI is InChI=1S/C13H22N2O.ClH/c1-10-6-7-11(9-13(10)16-2)12(15)5-3-4-8-14;/h6-7,9,12H,3-5,8,14-15H2,1-2H3;1H/t12-;/m1./s1. The minimum atomic E-state index is 0. The second kappa shape index (κ2) is 8.34. The van der Waals surface area contributed by atoms with Crippen molar-refractivity contribution in [3.63, 3.8) is 0 Å². The monoisotopic (exact) mass is 258 g/mol. The molecule has 17 heavy (non-hydrogen) atoms. The van der Waals surface area contributed by atoms with Crippen LogP contribution in [0.4, 0.5) is 0 Å². The summed E-state index contributed by atoms with van der Waals surface area (Å²) < 4.78 is 5.29. The van der Waals surface area contributed by atoms with Crippen LogP contribution in [0.1, 0.15) is 36.4 Å². The zero-order valence-electron chi connectivity index (χ0n) is 10.6. The van der Waals surface area contributed by atoms with Crippen LogP contribution in [0.15, 0.2) is 18.2 Å². The topological polar surface area (TPSA) is 61.3 Å². The summed E-state index contributed by atoms with van der Waals surface area (Å²) in [5.74, 6) is 0.909. The summed E-state index contributed by atoms with van der Waals surface area (Å²) in [6, 6.07) is 6.24. The third-order valence-corrected chi connectivity index (χ3v) is 2.83. The zero-order chi connectivity index (χ0) is 12.0. The van der Waals surface area contributed by atoms with Crippen LogP contribution in [0.2, 0.25) is 0 Å². The Labute approximate surface area is 110 Å². The second-order valence-corrected chi connectivity index (χ2v) is 4.12. The summed E-state index contributed by atoms with van der Waals surface area (Å²) in [5.41, 5.74) is 13.8. The Balaban J connectivity index is 0.00000256. The molecule has 0 saturated heterocycles. The molecule has 1 atom stereocenters. The lowest BCUT2D eigenvalue weighted by Gasteiger charge is -2.14. The molecule has 1 aromatic rings. The minimum Gasteiger partial charge on any atom is -0.496 e. The Morgan fingerprint density at radius 3 is 2.59 bits per heavy atom. The number of benzene rings is 1. The molecule has 0 aliphatic rings. The molecule has 0 unspecified atom stereocenters. The molecule has 0 spiro atoms. The van der Waals surface area contributed by atoms with Gasteiger partial charge in [-0.25, -0.2) is 0 Å². The number of rotatable bonds is 6. The maximum atomic E-state index is 6.11. The third-order valence-electron chi connectivity index (χ3n) is 2.83. The SMILES string of the molecule is COc1cc([C@H](N)CCCCN)ccc1C.Cl. The van der Waals surface area contributed by atoms with Gasteiger partial charge in [0.15, 0.2) is 0 Å². The molecule has 0 aliphatic carbocycles. The molecule has 98 valence electrons. The summed E-state index contributed by atoms with van der Waals surface area (Å²) >= 11 is 0. The molecule has 0 aliphatic heterocycles. The van der Waals surface area contributed by atoms with Crippen LogP contribution in [0.3, 0.4) is 0 Å². The van der Waals surface area contributed by atoms with Crippen molar-refractivity contribution in [1.29, 1.82) is 0 Å². The molecule has 0 fully saturated rings. The fraction of sp³-hybridized carbons (Fsp3) is 0.538. The molecule has 3 nitrogen and oxygen atoms in total. The first-order chi connectivity index (χ1) is 7.69. The number of ether oxygens (including phenoxy) is 1. The van der Waals surface area contributed by atoms with Gasteiger partial charge in [0.1, 0.15) is 5.75 Å². The summed E-state index contributed by atoms with van der Waals surface area (Å²) in [4.78, 5) is 0. The first-order valence-electron chi connectivity index (χ1n) is 5.79. The van der Waals surface area contributed by atoms with E-state index in [0.29, 0.717) is 0 Å². The fourth-order valence-corrected chi connectivity index (χ4v) is 1.74. The highest BCUT2D eigenvalue weighted by molar-refractivity contribution is 5.85. The van der Waals surface area contributed by atoms with E-state index < -0.39 is 0 Å². The van der Waals surface area contributed by atoms with Gasteiger partial charge in [0.05, 0.1) is 7.11 Å². The highest BCUT2D eigenvalue weighted by Crippen LogP contribution is 2.24. The Bertz CT molecular complexity index is 331. The molecule has 0 saturated carbocycles. The van der Waals surface area contributed by atoms with E-state index in [1.807, 2.05) is 13.0 Å². The van der Waals surface area contributed by atoms with Crippen LogP contribution in [-0.2, 0) is 0 Å².